The van der Waals surface area contributed by atoms with Gasteiger partial charge in [-0.3, -0.25) is 18.6 Å². The van der Waals surface area contributed by atoms with Gasteiger partial charge in [-0.15, -0.1) is 0 Å². The Labute approximate surface area is 443 Å². The summed E-state index contributed by atoms with van der Waals surface area (Å²) < 4.78 is 30.5. The lowest BCUT2D eigenvalue weighted by atomic mass is 10.1. The Balaban J connectivity index is 5.40. The summed E-state index contributed by atoms with van der Waals surface area (Å²) in [4.78, 5) is 37.5. The highest BCUT2D eigenvalue weighted by Gasteiger charge is 2.30. The maximum Gasteiger partial charge on any atom is 0.472 e. The van der Waals surface area contributed by atoms with Crippen LogP contribution < -0.4 is 5.32 Å². The van der Waals surface area contributed by atoms with Crippen molar-refractivity contribution in [3.05, 3.63) is 97.2 Å². The van der Waals surface area contributed by atoms with Crippen molar-refractivity contribution < 1.29 is 37.3 Å². The van der Waals surface area contributed by atoms with Crippen LogP contribution in [0.15, 0.2) is 97.2 Å². The van der Waals surface area contributed by atoms with Crippen molar-refractivity contribution in [3.8, 4) is 0 Å². The van der Waals surface area contributed by atoms with Crippen LogP contribution in [0.1, 0.15) is 233 Å². The van der Waals surface area contributed by atoms with Crippen molar-refractivity contribution in [2.24, 2.45) is 0 Å². The van der Waals surface area contributed by atoms with Gasteiger partial charge in [-0.05, 0) is 96.0 Å². The van der Waals surface area contributed by atoms with Gasteiger partial charge in [0.1, 0.15) is 19.3 Å². The first-order chi connectivity index (χ1) is 34.9. The molecule has 0 bridgehead atoms. The molecular formula is C62H110N2O7P+. The molecule has 0 saturated carbocycles. The summed E-state index contributed by atoms with van der Waals surface area (Å²) in [6, 6.07) is -0.891. The van der Waals surface area contributed by atoms with Crippen molar-refractivity contribution in [2.75, 3.05) is 40.9 Å². The number of amides is 1. The third kappa shape index (κ3) is 51.8. The van der Waals surface area contributed by atoms with Gasteiger partial charge in [-0.1, -0.05) is 221 Å². The molecular weight excluding hydrogens is 916 g/mol. The summed E-state index contributed by atoms with van der Waals surface area (Å²) in [7, 11) is 1.44. The first kappa shape index (κ1) is 68.9. The van der Waals surface area contributed by atoms with E-state index in [9.17, 15) is 19.0 Å². The van der Waals surface area contributed by atoms with Gasteiger partial charge in [-0.2, -0.15) is 0 Å². The van der Waals surface area contributed by atoms with E-state index in [4.69, 9.17) is 13.8 Å². The number of phosphoric acid groups is 1. The smallest absolute Gasteiger partial charge is 0.456 e. The summed E-state index contributed by atoms with van der Waals surface area (Å²) in [6.45, 7) is 6.81. The van der Waals surface area contributed by atoms with Gasteiger partial charge in [0.2, 0.25) is 5.91 Å². The van der Waals surface area contributed by atoms with Gasteiger partial charge >= 0.3 is 13.8 Å². The van der Waals surface area contributed by atoms with E-state index in [2.05, 4.69) is 105 Å². The Morgan fingerprint density at radius 1 is 0.500 bits per heavy atom. The van der Waals surface area contributed by atoms with Crippen LogP contribution in [-0.2, 0) is 27.9 Å². The summed E-state index contributed by atoms with van der Waals surface area (Å²) in [5, 5.41) is 3.00. The second-order valence-corrected chi connectivity index (χ2v) is 21.9. The highest BCUT2D eigenvalue weighted by Crippen LogP contribution is 2.43. The van der Waals surface area contributed by atoms with Gasteiger partial charge < -0.3 is 19.4 Å². The molecule has 0 aliphatic heterocycles. The minimum atomic E-state index is -4.47. The number of ether oxygens (including phenoxy) is 1. The van der Waals surface area contributed by atoms with Crippen LogP contribution in [0.3, 0.4) is 0 Å². The van der Waals surface area contributed by atoms with Gasteiger partial charge in [0.15, 0.2) is 0 Å². The number of likely N-dealkylation sites (N-methyl/N-ethyl adjacent to an activating group) is 1. The summed E-state index contributed by atoms with van der Waals surface area (Å²) >= 11 is 0. The zero-order chi connectivity index (χ0) is 52.9. The fraction of sp³-hybridized carbons (Fsp3) is 0.710. The molecule has 0 saturated heterocycles. The molecule has 3 atom stereocenters. The maximum absolute atomic E-state index is 13.4. The summed E-state index contributed by atoms with van der Waals surface area (Å²) in [5.41, 5.74) is 0. The number of allylic oxidation sites excluding steroid dienone is 15. The number of rotatable bonds is 51. The quantitative estimate of drug-likeness (QED) is 0.0205. The maximum atomic E-state index is 13.4. The minimum Gasteiger partial charge on any atom is -0.456 e. The molecule has 0 radical (unpaired) electrons. The largest absolute Gasteiger partial charge is 0.472 e. The number of nitrogens with zero attached hydrogens (tertiary/aromatic N) is 1. The normalized spacial score (nSPS) is 14.5. The lowest BCUT2D eigenvalue weighted by molar-refractivity contribution is -0.870. The zero-order valence-electron chi connectivity index (χ0n) is 47.1. The van der Waals surface area contributed by atoms with Crippen LogP contribution in [0.2, 0.25) is 0 Å². The number of nitrogens with one attached hydrogen (secondary N) is 1. The standard InChI is InChI=1S/C62H109N2O7P/c1-7-10-13-16-19-22-25-28-29-30-31-32-33-34-35-37-40-43-46-49-52-55-62(66)71-60(53-50-47-44-41-38-27-24-21-18-15-12-9-3)59(58-70-72(67,68)69-57-56-64(4,5)6)63-61(65)54-51-48-45-42-39-36-26-23-20-17-14-11-8-2/h10,13,19,22,28-29,31-32,34-36,39,45,48,50,53,59-60H,7-9,11-12,14-18,20-21,23-27,30,33,37-38,40-44,46-47,49,51-52,54-58H2,1-6H3,(H-,63,65,67,68)/p+1/b13-10-,22-19-,29-28-,32-31-,35-34-,39-36-,48-45+,53-50-. The van der Waals surface area contributed by atoms with E-state index in [0.29, 0.717) is 23.9 Å². The molecule has 0 aliphatic carbocycles. The van der Waals surface area contributed by atoms with Crippen molar-refractivity contribution in [3.63, 3.8) is 0 Å². The number of unbranched alkanes of at least 4 members (excludes halogenated alkanes) is 21. The third-order valence-corrected chi connectivity index (χ3v) is 13.3. The fourth-order valence-electron chi connectivity index (χ4n) is 7.78. The van der Waals surface area contributed by atoms with Crippen molar-refractivity contribution in [1.82, 2.24) is 5.32 Å². The van der Waals surface area contributed by atoms with E-state index in [0.717, 1.165) is 96.3 Å². The molecule has 414 valence electrons. The van der Waals surface area contributed by atoms with E-state index in [1.54, 1.807) is 0 Å². The predicted molar refractivity (Wildman–Crippen MR) is 309 cm³/mol. The number of esters is 1. The average molecular weight is 1030 g/mol. The van der Waals surface area contributed by atoms with Crippen LogP contribution in [0, 0.1) is 0 Å². The van der Waals surface area contributed by atoms with Crippen LogP contribution in [0.4, 0.5) is 0 Å². The second kappa shape index (κ2) is 51.4. The van der Waals surface area contributed by atoms with E-state index in [1.165, 1.54) is 89.9 Å². The molecule has 9 nitrogen and oxygen atoms in total. The molecule has 0 heterocycles. The number of hydrogen-bond donors (Lipinski definition) is 2. The van der Waals surface area contributed by atoms with Gasteiger partial charge in [0.05, 0.1) is 33.8 Å². The van der Waals surface area contributed by atoms with Crippen LogP contribution in [0.25, 0.3) is 0 Å². The molecule has 2 N–H and O–H groups in total. The van der Waals surface area contributed by atoms with Gasteiger partial charge in [0, 0.05) is 12.8 Å². The Hall–Kier alpha value is -3.07. The molecule has 0 fully saturated rings. The lowest BCUT2D eigenvalue weighted by Crippen LogP contribution is -2.47. The average Bonchev–Trinajstić information content (AvgIpc) is 3.34. The topological polar surface area (TPSA) is 111 Å². The highest BCUT2D eigenvalue weighted by atomic mass is 31.2. The number of hydrogen-bond acceptors (Lipinski definition) is 6. The number of carbonyl (C=O) groups is 2. The Morgan fingerprint density at radius 3 is 1.36 bits per heavy atom. The monoisotopic (exact) mass is 1030 g/mol. The van der Waals surface area contributed by atoms with Crippen LogP contribution in [-0.4, -0.2) is 74.3 Å². The first-order valence-electron chi connectivity index (χ1n) is 29.1. The summed E-state index contributed by atoms with van der Waals surface area (Å²) in [6.07, 6.45) is 68.5. The Bertz CT molecular complexity index is 1560. The molecule has 0 spiro atoms. The first-order valence-corrected chi connectivity index (χ1v) is 30.6. The Morgan fingerprint density at radius 2 is 0.903 bits per heavy atom. The van der Waals surface area contributed by atoms with Crippen LogP contribution in [0.5, 0.6) is 0 Å². The molecule has 0 rings (SSSR count). The van der Waals surface area contributed by atoms with E-state index >= 15 is 0 Å². The molecule has 0 aromatic rings. The predicted octanol–water partition coefficient (Wildman–Crippen LogP) is 17.6. The number of quaternary nitrogens is 1. The molecule has 0 aromatic heterocycles. The van der Waals surface area contributed by atoms with Gasteiger partial charge in [0.25, 0.3) is 0 Å². The zero-order valence-corrected chi connectivity index (χ0v) is 48.0. The molecule has 0 aromatic carbocycles. The molecule has 72 heavy (non-hydrogen) atoms. The highest BCUT2D eigenvalue weighted by molar-refractivity contribution is 7.47. The van der Waals surface area contributed by atoms with E-state index < -0.39 is 20.0 Å². The molecule has 0 aliphatic rings. The summed E-state index contributed by atoms with van der Waals surface area (Å²) in [5.74, 6) is -0.611. The Kier molecular flexibility index (Phi) is 49.2. The molecule has 10 heteroatoms. The SMILES string of the molecule is CC/C=C\C/C=C\C/C=C\C/C=C\C/C=C\CCCCCCCC(=O)OC(/C=C\CCCCCCCCCCCC)C(COP(=O)(O)OCC[N+](C)(C)C)NC(=O)CC/C=C/C/C=C\CCCCCCCC. The number of phosphoric ester groups is 1. The van der Waals surface area contributed by atoms with Crippen molar-refractivity contribution in [1.29, 1.82) is 0 Å². The van der Waals surface area contributed by atoms with E-state index in [1.807, 2.05) is 39.4 Å². The number of carbonyl (C=O) groups excluding carboxylic acids is 2. The third-order valence-electron chi connectivity index (χ3n) is 12.3. The molecule has 3 unspecified atom stereocenters. The minimum absolute atomic E-state index is 0.0232. The van der Waals surface area contributed by atoms with Crippen molar-refractivity contribution >= 4 is 19.7 Å². The lowest BCUT2D eigenvalue weighted by Gasteiger charge is -2.27. The van der Waals surface area contributed by atoms with Crippen molar-refractivity contribution in [2.45, 2.75) is 245 Å². The van der Waals surface area contributed by atoms with E-state index in [-0.39, 0.29) is 37.9 Å². The fourth-order valence-corrected chi connectivity index (χ4v) is 8.52. The van der Waals surface area contributed by atoms with Gasteiger partial charge in [-0.25, -0.2) is 4.57 Å². The molecule has 1 amide bonds. The van der Waals surface area contributed by atoms with Crippen LogP contribution >= 0.6 is 7.82 Å². The second-order valence-electron chi connectivity index (χ2n) is 20.4.